The van der Waals surface area contributed by atoms with Gasteiger partial charge in [-0.3, -0.25) is 14.7 Å². The van der Waals surface area contributed by atoms with Crippen molar-refractivity contribution in [3.05, 3.63) is 39.2 Å². The highest BCUT2D eigenvalue weighted by Gasteiger charge is 2.23. The number of methoxy groups -OCH3 is 1. The predicted octanol–water partition coefficient (Wildman–Crippen LogP) is 1.62. The SMILES string of the molecule is COCCN(C)c1cnn(C2CCCN(Cc3cncs3)C2)c(=O)c1. The van der Waals surface area contributed by atoms with Gasteiger partial charge in [0, 0.05) is 50.9 Å². The summed E-state index contributed by atoms with van der Waals surface area (Å²) in [7, 11) is 3.61. The Morgan fingerprint density at radius 2 is 2.32 bits per heavy atom. The van der Waals surface area contributed by atoms with E-state index in [0.717, 1.165) is 44.7 Å². The first-order valence-electron chi connectivity index (χ1n) is 8.56. The van der Waals surface area contributed by atoms with E-state index in [9.17, 15) is 4.79 Å². The van der Waals surface area contributed by atoms with E-state index in [1.165, 1.54) is 4.88 Å². The molecular formula is C17H25N5O2S. The van der Waals surface area contributed by atoms with Gasteiger partial charge in [0.15, 0.2) is 0 Å². The number of hydrogen-bond donors (Lipinski definition) is 0. The maximum Gasteiger partial charge on any atom is 0.269 e. The van der Waals surface area contributed by atoms with Crippen molar-refractivity contribution in [2.45, 2.75) is 25.4 Å². The minimum atomic E-state index is -0.0357. The second kappa shape index (κ2) is 8.55. The molecule has 7 nitrogen and oxygen atoms in total. The lowest BCUT2D eigenvalue weighted by Gasteiger charge is -2.32. The largest absolute Gasteiger partial charge is 0.383 e. The van der Waals surface area contributed by atoms with Crippen LogP contribution in [0.5, 0.6) is 0 Å². The van der Waals surface area contributed by atoms with Crippen LogP contribution in [0.3, 0.4) is 0 Å². The number of hydrogen-bond acceptors (Lipinski definition) is 7. The lowest BCUT2D eigenvalue weighted by molar-refractivity contribution is 0.161. The first-order chi connectivity index (χ1) is 12.2. The molecule has 3 heterocycles. The Hall–Kier alpha value is -1.77. The molecule has 2 aromatic heterocycles. The smallest absolute Gasteiger partial charge is 0.269 e. The number of likely N-dealkylation sites (N-methyl/N-ethyl adjacent to an activating group) is 1. The molecular weight excluding hydrogens is 338 g/mol. The lowest BCUT2D eigenvalue weighted by atomic mass is 10.1. The normalized spacial score (nSPS) is 18.4. The van der Waals surface area contributed by atoms with Gasteiger partial charge in [-0.25, -0.2) is 4.68 Å². The number of nitrogens with zero attached hydrogens (tertiary/aromatic N) is 5. The predicted molar refractivity (Wildman–Crippen MR) is 99.3 cm³/mol. The van der Waals surface area contributed by atoms with Crippen molar-refractivity contribution in [3.8, 4) is 0 Å². The van der Waals surface area contributed by atoms with E-state index in [1.54, 1.807) is 35.4 Å². The zero-order valence-electron chi connectivity index (χ0n) is 14.8. The molecule has 1 fully saturated rings. The quantitative estimate of drug-likeness (QED) is 0.745. The van der Waals surface area contributed by atoms with Gasteiger partial charge in [-0.15, -0.1) is 11.3 Å². The summed E-state index contributed by atoms with van der Waals surface area (Å²) in [5.74, 6) is 0. The van der Waals surface area contributed by atoms with E-state index in [0.29, 0.717) is 6.61 Å². The second-order valence-corrected chi connectivity index (χ2v) is 7.38. The third-order valence-electron chi connectivity index (χ3n) is 4.57. The van der Waals surface area contributed by atoms with E-state index < -0.39 is 0 Å². The number of anilines is 1. The van der Waals surface area contributed by atoms with Crippen LogP contribution in [0.4, 0.5) is 5.69 Å². The van der Waals surface area contributed by atoms with Crippen molar-refractivity contribution in [2.75, 3.05) is 45.3 Å². The lowest BCUT2D eigenvalue weighted by Crippen LogP contribution is -2.40. The number of rotatable bonds is 7. The van der Waals surface area contributed by atoms with Gasteiger partial charge in [0.05, 0.1) is 30.0 Å². The minimum Gasteiger partial charge on any atom is -0.383 e. The molecule has 8 heteroatoms. The van der Waals surface area contributed by atoms with Gasteiger partial charge in [0.25, 0.3) is 5.56 Å². The van der Waals surface area contributed by atoms with Gasteiger partial charge >= 0.3 is 0 Å². The minimum absolute atomic E-state index is 0.0357. The molecule has 3 rings (SSSR count). The van der Waals surface area contributed by atoms with Crippen LogP contribution in [-0.4, -0.2) is 60.1 Å². The first kappa shape index (κ1) is 18.0. The van der Waals surface area contributed by atoms with Crippen LogP contribution in [0.25, 0.3) is 0 Å². The molecule has 0 aromatic carbocycles. The Balaban J connectivity index is 1.67. The number of piperidine rings is 1. The Morgan fingerprint density at radius 3 is 3.04 bits per heavy atom. The van der Waals surface area contributed by atoms with Crippen LogP contribution >= 0.6 is 11.3 Å². The standard InChI is InChI=1S/C17H25N5O2S/c1-20(6-7-24-2)15-8-17(23)22(19-9-15)14-4-3-5-21(11-14)12-16-10-18-13-25-16/h8-10,13-14H,3-7,11-12H2,1-2H3. The van der Waals surface area contributed by atoms with Crippen molar-refractivity contribution in [3.63, 3.8) is 0 Å². The van der Waals surface area contributed by atoms with Gasteiger partial charge in [0.1, 0.15) is 0 Å². The van der Waals surface area contributed by atoms with Crippen molar-refractivity contribution in [1.82, 2.24) is 19.7 Å². The molecule has 0 bridgehead atoms. The Labute approximate surface area is 151 Å². The van der Waals surface area contributed by atoms with Crippen LogP contribution in [0.2, 0.25) is 0 Å². The first-order valence-corrected chi connectivity index (χ1v) is 9.44. The Bertz CT molecular complexity index is 718. The molecule has 0 aliphatic carbocycles. The van der Waals surface area contributed by atoms with Crippen LogP contribution in [-0.2, 0) is 11.3 Å². The molecule has 1 aliphatic rings. The fourth-order valence-electron chi connectivity index (χ4n) is 3.16. The summed E-state index contributed by atoms with van der Waals surface area (Å²) >= 11 is 1.68. The summed E-state index contributed by atoms with van der Waals surface area (Å²) in [6, 6.07) is 1.80. The summed E-state index contributed by atoms with van der Waals surface area (Å²) in [4.78, 5) is 22.3. The molecule has 1 aliphatic heterocycles. The van der Waals surface area contributed by atoms with E-state index in [4.69, 9.17) is 4.74 Å². The van der Waals surface area contributed by atoms with E-state index >= 15 is 0 Å². The van der Waals surface area contributed by atoms with Gasteiger partial charge < -0.3 is 9.64 Å². The van der Waals surface area contributed by atoms with Crippen LogP contribution in [0.1, 0.15) is 23.8 Å². The summed E-state index contributed by atoms with van der Waals surface area (Å²) < 4.78 is 6.73. The van der Waals surface area contributed by atoms with Gasteiger partial charge in [-0.1, -0.05) is 0 Å². The molecule has 1 saturated heterocycles. The molecule has 0 saturated carbocycles. The maximum absolute atomic E-state index is 12.6. The molecule has 136 valence electrons. The van der Waals surface area contributed by atoms with Crippen molar-refractivity contribution >= 4 is 17.0 Å². The van der Waals surface area contributed by atoms with Crippen LogP contribution in [0.15, 0.2) is 28.8 Å². The number of thiazole rings is 1. The van der Waals surface area contributed by atoms with E-state index in [-0.39, 0.29) is 11.6 Å². The van der Waals surface area contributed by atoms with Crippen molar-refractivity contribution in [2.24, 2.45) is 0 Å². The molecule has 1 atom stereocenters. The molecule has 25 heavy (non-hydrogen) atoms. The summed E-state index contributed by atoms with van der Waals surface area (Å²) in [6.45, 7) is 4.15. The number of ether oxygens (including phenoxy) is 1. The fourth-order valence-corrected chi connectivity index (χ4v) is 3.80. The fraction of sp³-hybridized carbons (Fsp3) is 0.588. The van der Waals surface area contributed by atoms with Gasteiger partial charge in [-0.05, 0) is 19.4 Å². The monoisotopic (exact) mass is 363 g/mol. The number of likely N-dealkylation sites (tertiary alicyclic amines) is 1. The third-order valence-corrected chi connectivity index (χ3v) is 5.34. The summed E-state index contributed by atoms with van der Waals surface area (Å²) in [5, 5.41) is 4.45. The van der Waals surface area contributed by atoms with Crippen LogP contribution < -0.4 is 10.5 Å². The molecule has 1 unspecified atom stereocenters. The summed E-state index contributed by atoms with van der Waals surface area (Å²) in [6.07, 6.45) is 5.76. The molecule has 0 radical (unpaired) electrons. The molecule has 2 aromatic rings. The summed E-state index contributed by atoms with van der Waals surface area (Å²) in [5.41, 5.74) is 2.66. The van der Waals surface area contributed by atoms with E-state index in [2.05, 4.69) is 15.0 Å². The Kier molecular flexibility index (Phi) is 6.17. The molecule has 0 amide bonds. The zero-order valence-corrected chi connectivity index (χ0v) is 15.6. The maximum atomic E-state index is 12.6. The average molecular weight is 363 g/mol. The highest BCUT2D eigenvalue weighted by atomic mass is 32.1. The number of aromatic nitrogens is 3. The highest BCUT2D eigenvalue weighted by molar-refractivity contribution is 7.09. The highest BCUT2D eigenvalue weighted by Crippen LogP contribution is 2.22. The molecule has 0 spiro atoms. The molecule has 0 N–H and O–H groups in total. The van der Waals surface area contributed by atoms with Crippen LogP contribution in [0, 0.1) is 0 Å². The average Bonchev–Trinajstić information content (AvgIpc) is 3.12. The van der Waals surface area contributed by atoms with Gasteiger partial charge in [-0.2, -0.15) is 5.10 Å². The topological polar surface area (TPSA) is 63.5 Å². The third kappa shape index (κ3) is 4.65. The van der Waals surface area contributed by atoms with Crippen molar-refractivity contribution < 1.29 is 4.74 Å². The van der Waals surface area contributed by atoms with E-state index in [1.807, 2.05) is 23.7 Å². The second-order valence-electron chi connectivity index (χ2n) is 6.41. The Morgan fingerprint density at radius 1 is 1.44 bits per heavy atom. The van der Waals surface area contributed by atoms with Gasteiger partial charge in [0.2, 0.25) is 0 Å². The zero-order chi connectivity index (χ0) is 17.6. The van der Waals surface area contributed by atoms with Crippen molar-refractivity contribution in [1.29, 1.82) is 0 Å².